The van der Waals surface area contributed by atoms with Gasteiger partial charge in [-0.15, -0.1) is 0 Å². The van der Waals surface area contributed by atoms with E-state index in [4.69, 9.17) is 5.11 Å². The lowest BCUT2D eigenvalue weighted by Gasteiger charge is -2.14. The number of unbranched alkanes of at least 4 members (excludes halogenated alkanes) is 1. The summed E-state index contributed by atoms with van der Waals surface area (Å²) in [6.45, 7) is 3.07. The fourth-order valence-corrected chi connectivity index (χ4v) is 1.62. The predicted octanol–water partition coefficient (Wildman–Crippen LogP) is 0.746. The molecule has 1 atom stereocenters. The van der Waals surface area contributed by atoms with Gasteiger partial charge in [-0.05, 0) is 31.7 Å². The first-order valence-electron chi connectivity index (χ1n) is 6.36. The van der Waals surface area contributed by atoms with E-state index in [9.17, 15) is 9.59 Å². The van der Waals surface area contributed by atoms with Crippen LogP contribution in [-0.2, 0) is 9.59 Å². The average Bonchev–Trinajstić information content (AvgIpc) is 3.07. The van der Waals surface area contributed by atoms with Gasteiger partial charge in [0, 0.05) is 0 Å². The van der Waals surface area contributed by atoms with Gasteiger partial charge in [0.05, 0.1) is 6.54 Å². The molecule has 5 nitrogen and oxygen atoms in total. The Morgan fingerprint density at radius 2 is 2.12 bits per heavy atom. The molecule has 0 aliphatic heterocycles. The third-order valence-corrected chi connectivity index (χ3v) is 2.90. The first-order valence-corrected chi connectivity index (χ1v) is 6.36. The number of carbonyl (C=O) groups is 2. The van der Waals surface area contributed by atoms with E-state index in [1.54, 1.807) is 0 Å². The molecule has 0 heterocycles. The lowest BCUT2D eigenvalue weighted by atomic mass is 10.1. The van der Waals surface area contributed by atoms with Crippen molar-refractivity contribution in [3.63, 3.8) is 0 Å². The summed E-state index contributed by atoms with van der Waals surface area (Å²) in [6, 6.07) is -0.745. The van der Waals surface area contributed by atoms with E-state index in [-0.39, 0.29) is 12.5 Å². The number of hydrogen-bond acceptors (Lipinski definition) is 3. The molecule has 1 fully saturated rings. The van der Waals surface area contributed by atoms with E-state index in [1.807, 2.05) is 6.92 Å². The maximum absolute atomic E-state index is 11.5. The van der Waals surface area contributed by atoms with Gasteiger partial charge in [0.1, 0.15) is 6.04 Å². The van der Waals surface area contributed by atoms with Crippen molar-refractivity contribution < 1.29 is 14.7 Å². The maximum atomic E-state index is 11.5. The summed E-state index contributed by atoms with van der Waals surface area (Å²) in [4.78, 5) is 22.4. The summed E-state index contributed by atoms with van der Waals surface area (Å²) in [5.74, 6) is -0.457. The minimum Gasteiger partial charge on any atom is -0.480 e. The van der Waals surface area contributed by atoms with Gasteiger partial charge in [-0.1, -0.05) is 19.8 Å². The third-order valence-electron chi connectivity index (χ3n) is 2.90. The number of carboxylic acids is 1. The molecule has 1 amide bonds. The van der Waals surface area contributed by atoms with Crippen LogP contribution in [-0.4, -0.2) is 36.1 Å². The largest absolute Gasteiger partial charge is 0.480 e. The number of carbonyl (C=O) groups excluding carboxylic acids is 1. The van der Waals surface area contributed by atoms with Crippen molar-refractivity contribution in [2.24, 2.45) is 5.92 Å². The highest BCUT2D eigenvalue weighted by Crippen LogP contribution is 2.27. The Balaban J connectivity index is 2.16. The van der Waals surface area contributed by atoms with E-state index in [2.05, 4.69) is 10.6 Å². The number of carboxylic acid groups (broad SMARTS) is 1. The van der Waals surface area contributed by atoms with E-state index in [0.29, 0.717) is 6.42 Å². The van der Waals surface area contributed by atoms with E-state index in [1.165, 1.54) is 12.8 Å². The second kappa shape index (κ2) is 7.27. The molecule has 5 heteroatoms. The van der Waals surface area contributed by atoms with Crippen LogP contribution in [0.3, 0.4) is 0 Å². The smallest absolute Gasteiger partial charge is 0.326 e. The highest BCUT2D eigenvalue weighted by Gasteiger charge is 2.22. The Bertz CT molecular complexity index is 264. The van der Waals surface area contributed by atoms with Gasteiger partial charge in [0.2, 0.25) is 5.91 Å². The number of aliphatic carboxylic acids is 1. The van der Waals surface area contributed by atoms with Gasteiger partial charge in [-0.2, -0.15) is 0 Å². The summed E-state index contributed by atoms with van der Waals surface area (Å²) in [5, 5.41) is 14.5. The van der Waals surface area contributed by atoms with Crippen LogP contribution in [0.15, 0.2) is 0 Å². The van der Waals surface area contributed by atoms with Crippen molar-refractivity contribution in [3.8, 4) is 0 Å². The monoisotopic (exact) mass is 242 g/mol. The fourth-order valence-electron chi connectivity index (χ4n) is 1.62. The van der Waals surface area contributed by atoms with Crippen LogP contribution in [0.25, 0.3) is 0 Å². The minimum absolute atomic E-state index is 0.215. The van der Waals surface area contributed by atoms with Gasteiger partial charge in [-0.3, -0.25) is 4.79 Å². The molecule has 1 aliphatic carbocycles. The number of nitrogens with one attached hydrogen (secondary N) is 2. The maximum Gasteiger partial charge on any atom is 0.326 e. The summed E-state index contributed by atoms with van der Waals surface area (Å²) in [7, 11) is 0. The zero-order chi connectivity index (χ0) is 12.7. The van der Waals surface area contributed by atoms with Gasteiger partial charge >= 0.3 is 5.97 Å². The van der Waals surface area contributed by atoms with Gasteiger partial charge in [0.25, 0.3) is 0 Å². The fraction of sp³-hybridized carbons (Fsp3) is 0.833. The highest BCUT2D eigenvalue weighted by atomic mass is 16.4. The molecule has 17 heavy (non-hydrogen) atoms. The number of rotatable bonds is 9. The highest BCUT2D eigenvalue weighted by molar-refractivity contribution is 5.84. The van der Waals surface area contributed by atoms with E-state index in [0.717, 1.165) is 25.3 Å². The Morgan fingerprint density at radius 3 is 2.65 bits per heavy atom. The van der Waals surface area contributed by atoms with Crippen LogP contribution in [0.4, 0.5) is 0 Å². The molecule has 0 aromatic heterocycles. The third kappa shape index (κ3) is 6.26. The molecule has 0 bridgehead atoms. The molecule has 0 saturated heterocycles. The first-order chi connectivity index (χ1) is 8.13. The molecule has 1 saturated carbocycles. The predicted molar refractivity (Wildman–Crippen MR) is 64.7 cm³/mol. The quantitative estimate of drug-likeness (QED) is 0.557. The SMILES string of the molecule is CCCCC(NC(=O)CNCC1CC1)C(=O)O. The van der Waals surface area contributed by atoms with Crippen LogP contribution in [0.5, 0.6) is 0 Å². The van der Waals surface area contributed by atoms with E-state index < -0.39 is 12.0 Å². The van der Waals surface area contributed by atoms with Crippen molar-refractivity contribution >= 4 is 11.9 Å². The van der Waals surface area contributed by atoms with Gasteiger partial charge in [-0.25, -0.2) is 4.79 Å². The first kappa shape index (κ1) is 14.0. The molecule has 0 aromatic rings. The Kier molecular flexibility index (Phi) is 5.97. The standard InChI is InChI=1S/C12H22N2O3/c1-2-3-4-10(12(16)17)14-11(15)8-13-7-9-5-6-9/h9-10,13H,2-8H2,1H3,(H,14,15)(H,16,17). The normalized spacial score (nSPS) is 16.5. The molecular formula is C12H22N2O3. The van der Waals surface area contributed by atoms with Crippen LogP contribution >= 0.6 is 0 Å². The second-order valence-corrected chi connectivity index (χ2v) is 4.67. The van der Waals surface area contributed by atoms with Crippen molar-refractivity contribution in [2.75, 3.05) is 13.1 Å². The molecule has 1 unspecified atom stereocenters. The van der Waals surface area contributed by atoms with Crippen molar-refractivity contribution in [1.29, 1.82) is 0 Å². The van der Waals surface area contributed by atoms with Crippen molar-refractivity contribution in [2.45, 2.75) is 45.1 Å². The topological polar surface area (TPSA) is 78.4 Å². The lowest BCUT2D eigenvalue weighted by molar-refractivity contribution is -0.141. The van der Waals surface area contributed by atoms with Gasteiger partial charge < -0.3 is 15.7 Å². The Labute approximate surface area is 102 Å². The zero-order valence-corrected chi connectivity index (χ0v) is 10.4. The van der Waals surface area contributed by atoms with Crippen molar-refractivity contribution in [3.05, 3.63) is 0 Å². The van der Waals surface area contributed by atoms with E-state index >= 15 is 0 Å². The zero-order valence-electron chi connectivity index (χ0n) is 10.4. The molecule has 0 radical (unpaired) electrons. The molecular weight excluding hydrogens is 220 g/mol. The summed E-state index contributed by atoms with van der Waals surface area (Å²) >= 11 is 0. The number of amides is 1. The summed E-state index contributed by atoms with van der Waals surface area (Å²) in [6.07, 6.45) is 4.72. The summed E-state index contributed by atoms with van der Waals surface area (Å²) < 4.78 is 0. The van der Waals surface area contributed by atoms with Gasteiger partial charge in [0.15, 0.2) is 0 Å². The number of hydrogen-bond donors (Lipinski definition) is 3. The molecule has 0 aromatic carbocycles. The second-order valence-electron chi connectivity index (χ2n) is 4.67. The molecule has 3 N–H and O–H groups in total. The molecule has 1 aliphatic rings. The molecule has 1 rings (SSSR count). The molecule has 0 spiro atoms. The lowest BCUT2D eigenvalue weighted by Crippen LogP contribution is -2.44. The Morgan fingerprint density at radius 1 is 1.41 bits per heavy atom. The Hall–Kier alpha value is -1.10. The minimum atomic E-state index is -0.950. The molecule has 98 valence electrons. The van der Waals surface area contributed by atoms with Crippen LogP contribution in [0.2, 0.25) is 0 Å². The van der Waals surface area contributed by atoms with Crippen molar-refractivity contribution in [1.82, 2.24) is 10.6 Å². The average molecular weight is 242 g/mol. The van der Waals surface area contributed by atoms with Crippen LogP contribution in [0.1, 0.15) is 39.0 Å². The van der Waals surface area contributed by atoms with Crippen LogP contribution in [0, 0.1) is 5.92 Å². The van der Waals surface area contributed by atoms with Crippen LogP contribution < -0.4 is 10.6 Å². The summed E-state index contributed by atoms with van der Waals surface area (Å²) in [5.41, 5.74) is 0.